The van der Waals surface area contributed by atoms with Gasteiger partial charge in [0.1, 0.15) is 5.82 Å². The molecule has 4 rings (SSSR count). The van der Waals surface area contributed by atoms with E-state index in [4.69, 9.17) is 14.2 Å². The molecule has 1 heterocycles. The van der Waals surface area contributed by atoms with Gasteiger partial charge in [0.2, 0.25) is 0 Å². The largest absolute Gasteiger partial charge is 0.493 e. The van der Waals surface area contributed by atoms with E-state index in [1.54, 1.807) is 33.3 Å². The lowest BCUT2D eigenvalue weighted by Crippen LogP contribution is -2.36. The summed E-state index contributed by atoms with van der Waals surface area (Å²) in [5, 5.41) is 3.32. The molecule has 1 N–H and O–H groups in total. The molecule has 0 saturated heterocycles. The van der Waals surface area contributed by atoms with Crippen molar-refractivity contribution < 1.29 is 28.2 Å². The molecule has 6 nitrogen and oxygen atoms in total. The van der Waals surface area contributed by atoms with Gasteiger partial charge in [-0.25, -0.2) is 9.18 Å². The molecule has 1 aliphatic carbocycles. The summed E-state index contributed by atoms with van der Waals surface area (Å²) >= 11 is 0. The van der Waals surface area contributed by atoms with Crippen molar-refractivity contribution in [3.05, 3.63) is 81.9 Å². The van der Waals surface area contributed by atoms with Gasteiger partial charge in [-0.1, -0.05) is 32.0 Å². The van der Waals surface area contributed by atoms with Gasteiger partial charge in [-0.15, -0.1) is 0 Å². The Labute approximate surface area is 211 Å². The van der Waals surface area contributed by atoms with Gasteiger partial charge in [0.25, 0.3) is 0 Å². The highest BCUT2D eigenvalue weighted by Crippen LogP contribution is 2.46. The van der Waals surface area contributed by atoms with E-state index >= 15 is 0 Å². The Morgan fingerprint density at radius 3 is 2.47 bits per heavy atom. The summed E-state index contributed by atoms with van der Waals surface area (Å²) in [6, 6.07) is 11.8. The van der Waals surface area contributed by atoms with Crippen LogP contribution in [0.4, 0.5) is 4.39 Å². The first-order valence-corrected chi connectivity index (χ1v) is 12.1. The van der Waals surface area contributed by atoms with E-state index in [1.165, 1.54) is 12.1 Å². The van der Waals surface area contributed by atoms with Crippen LogP contribution in [0.15, 0.2) is 65.0 Å². The van der Waals surface area contributed by atoms with Gasteiger partial charge in [-0.2, -0.15) is 0 Å². The predicted molar refractivity (Wildman–Crippen MR) is 134 cm³/mol. The van der Waals surface area contributed by atoms with E-state index in [0.29, 0.717) is 40.3 Å². The van der Waals surface area contributed by atoms with Gasteiger partial charge in [0, 0.05) is 29.3 Å². The molecular formula is C29H32FNO5. The molecule has 2 atom stereocenters. The molecule has 0 unspecified atom stereocenters. The summed E-state index contributed by atoms with van der Waals surface area (Å²) in [7, 11) is 3.16. The minimum atomic E-state index is -0.699. The zero-order chi connectivity index (χ0) is 26.0. The zero-order valence-electron chi connectivity index (χ0n) is 21.3. The van der Waals surface area contributed by atoms with Crippen LogP contribution in [0.2, 0.25) is 0 Å². The molecule has 0 radical (unpaired) electrons. The number of methoxy groups -OCH3 is 2. The predicted octanol–water partition coefficient (Wildman–Crippen LogP) is 5.40. The van der Waals surface area contributed by atoms with E-state index in [9.17, 15) is 14.0 Å². The number of hydrogen-bond acceptors (Lipinski definition) is 6. The van der Waals surface area contributed by atoms with Crippen molar-refractivity contribution in [2.24, 2.45) is 5.92 Å². The molecule has 7 heteroatoms. The lowest BCUT2D eigenvalue weighted by molar-refractivity contribution is -0.140. The zero-order valence-corrected chi connectivity index (χ0v) is 21.3. The van der Waals surface area contributed by atoms with Crippen molar-refractivity contribution >= 4 is 11.8 Å². The maximum atomic E-state index is 14.3. The van der Waals surface area contributed by atoms with Crippen molar-refractivity contribution in [3.8, 4) is 11.5 Å². The molecule has 0 bridgehead atoms. The third-order valence-electron chi connectivity index (χ3n) is 6.66. The third kappa shape index (κ3) is 5.01. The summed E-state index contributed by atoms with van der Waals surface area (Å²) in [6.07, 6.45) is 0.823. The van der Waals surface area contributed by atoms with E-state index < -0.39 is 17.7 Å². The smallest absolute Gasteiger partial charge is 0.336 e. The van der Waals surface area contributed by atoms with Gasteiger partial charge in [0.15, 0.2) is 17.3 Å². The topological polar surface area (TPSA) is 73.9 Å². The lowest BCUT2D eigenvalue weighted by atomic mass is 9.71. The number of allylic oxidation sites excluding steroid dienone is 3. The molecule has 0 amide bonds. The first-order chi connectivity index (χ1) is 17.2. The molecule has 190 valence electrons. The van der Waals surface area contributed by atoms with Gasteiger partial charge in [-0.3, -0.25) is 4.79 Å². The van der Waals surface area contributed by atoms with Crippen LogP contribution in [-0.2, 0) is 14.3 Å². The van der Waals surface area contributed by atoms with Crippen LogP contribution in [0.1, 0.15) is 56.6 Å². The van der Waals surface area contributed by atoms with Gasteiger partial charge in [0.05, 0.1) is 26.4 Å². The highest BCUT2D eigenvalue weighted by Gasteiger charge is 2.41. The van der Waals surface area contributed by atoms with E-state index in [0.717, 1.165) is 11.3 Å². The Morgan fingerprint density at radius 2 is 1.81 bits per heavy atom. The number of carbonyl (C=O) groups is 2. The molecule has 1 aliphatic heterocycles. The van der Waals surface area contributed by atoms with Crippen molar-refractivity contribution in [1.29, 1.82) is 0 Å². The fourth-order valence-electron chi connectivity index (χ4n) is 4.99. The average molecular weight is 494 g/mol. The minimum absolute atomic E-state index is 0.0838. The van der Waals surface area contributed by atoms with Crippen LogP contribution in [0.5, 0.6) is 11.5 Å². The molecule has 0 fully saturated rings. The number of nitrogens with one attached hydrogen (secondary N) is 1. The maximum Gasteiger partial charge on any atom is 0.336 e. The number of benzene rings is 2. The van der Waals surface area contributed by atoms with Crippen LogP contribution >= 0.6 is 0 Å². The first kappa shape index (κ1) is 25.5. The Balaban J connectivity index is 1.75. The van der Waals surface area contributed by atoms with Crippen molar-refractivity contribution in [2.75, 3.05) is 20.8 Å². The van der Waals surface area contributed by atoms with E-state index in [1.807, 2.05) is 32.0 Å². The number of dihydropyridines is 1. The Kier molecular flexibility index (Phi) is 7.48. The number of carbonyl (C=O) groups excluding carboxylic acids is 2. The van der Waals surface area contributed by atoms with Gasteiger partial charge in [-0.05, 0) is 60.6 Å². The van der Waals surface area contributed by atoms with E-state index in [2.05, 4.69) is 5.32 Å². The molecular weight excluding hydrogens is 461 g/mol. The number of ether oxygens (including phenoxy) is 3. The molecule has 0 aromatic heterocycles. The lowest BCUT2D eigenvalue weighted by Gasteiger charge is -2.36. The minimum Gasteiger partial charge on any atom is -0.493 e. The summed E-state index contributed by atoms with van der Waals surface area (Å²) in [5.74, 6) is -0.408. The number of halogens is 1. The van der Waals surface area contributed by atoms with Crippen molar-refractivity contribution in [3.63, 3.8) is 0 Å². The summed E-state index contributed by atoms with van der Waals surface area (Å²) in [4.78, 5) is 26.9. The van der Waals surface area contributed by atoms with Crippen LogP contribution in [0.25, 0.3) is 0 Å². The normalized spacial score (nSPS) is 19.7. The van der Waals surface area contributed by atoms with Crippen LogP contribution in [0, 0.1) is 11.7 Å². The average Bonchev–Trinajstić information content (AvgIpc) is 2.85. The monoisotopic (exact) mass is 493 g/mol. The second-order valence-corrected chi connectivity index (χ2v) is 9.68. The molecule has 36 heavy (non-hydrogen) atoms. The summed E-state index contributed by atoms with van der Waals surface area (Å²) < 4.78 is 30.6. The van der Waals surface area contributed by atoms with E-state index in [-0.39, 0.29) is 30.6 Å². The SMILES string of the molecule is COc1ccc([C@H]2CC(=O)C3=C(C2)NC(C)=C(C(=O)OCC(C)C)[C@@H]3c2cccc(F)c2)cc1OC. The van der Waals surface area contributed by atoms with Gasteiger partial charge < -0.3 is 19.5 Å². The fourth-order valence-corrected chi connectivity index (χ4v) is 4.99. The fraction of sp³-hybridized carbons (Fsp3) is 0.379. The second kappa shape index (κ2) is 10.6. The number of hydrogen-bond donors (Lipinski definition) is 1. The first-order valence-electron chi connectivity index (χ1n) is 12.1. The Morgan fingerprint density at radius 1 is 1.06 bits per heavy atom. The standard InChI is InChI=1S/C29H32FNO5/c1-16(2)15-36-29(33)26-17(3)31-22-12-20(18-9-10-24(34-4)25(14-18)35-5)13-23(32)28(22)27(26)19-7-6-8-21(30)11-19/h6-11,14,16,20,27,31H,12-13,15H2,1-5H3/t20-,27+/m1/s1. The van der Waals surface area contributed by atoms with Crippen LogP contribution < -0.4 is 14.8 Å². The van der Waals surface area contributed by atoms with Crippen LogP contribution in [-0.4, -0.2) is 32.6 Å². The van der Waals surface area contributed by atoms with Crippen molar-refractivity contribution in [1.82, 2.24) is 5.32 Å². The highest BCUT2D eigenvalue weighted by atomic mass is 19.1. The molecule has 2 aromatic rings. The van der Waals surface area contributed by atoms with Crippen LogP contribution in [0.3, 0.4) is 0 Å². The third-order valence-corrected chi connectivity index (χ3v) is 6.66. The Bertz CT molecular complexity index is 1250. The number of esters is 1. The van der Waals surface area contributed by atoms with Gasteiger partial charge >= 0.3 is 5.97 Å². The maximum absolute atomic E-state index is 14.3. The number of ketones is 1. The van der Waals surface area contributed by atoms with Crippen molar-refractivity contribution in [2.45, 2.75) is 45.4 Å². The molecule has 0 spiro atoms. The highest BCUT2D eigenvalue weighted by molar-refractivity contribution is 6.04. The quantitative estimate of drug-likeness (QED) is 0.521. The number of Topliss-reactive ketones (excluding diaryl/α,β-unsaturated/α-hetero) is 1. The summed E-state index contributed by atoms with van der Waals surface area (Å²) in [5.41, 5.74) is 3.71. The summed E-state index contributed by atoms with van der Waals surface area (Å²) in [6.45, 7) is 5.97. The molecule has 2 aliphatic rings. The molecule has 0 saturated carbocycles. The number of rotatable bonds is 7. The Hall–Kier alpha value is -3.61. The molecule has 2 aromatic carbocycles. The second-order valence-electron chi connectivity index (χ2n) is 9.68.